The zero-order valence-corrected chi connectivity index (χ0v) is 16.9. The van der Waals surface area contributed by atoms with E-state index in [1.54, 1.807) is 0 Å². The molecule has 0 unspecified atom stereocenters. The Balaban J connectivity index is 0.00000111. The Kier molecular flexibility index (Phi) is 6.56. The van der Waals surface area contributed by atoms with Crippen molar-refractivity contribution in [1.29, 1.82) is 0 Å². The van der Waals surface area contributed by atoms with Gasteiger partial charge in [0, 0.05) is 24.4 Å². The van der Waals surface area contributed by atoms with Crippen LogP contribution in [0, 0.1) is 12.7 Å². The number of amides is 1. The van der Waals surface area contributed by atoms with Crippen LogP contribution in [0.15, 0.2) is 53.1 Å². The van der Waals surface area contributed by atoms with Crippen molar-refractivity contribution < 1.29 is 19.5 Å². The molecule has 30 heavy (non-hydrogen) atoms. The summed E-state index contributed by atoms with van der Waals surface area (Å²) in [6.07, 6.45) is 0. The van der Waals surface area contributed by atoms with Crippen LogP contribution < -0.4 is 5.32 Å². The highest BCUT2D eigenvalue weighted by Gasteiger charge is 2.17. The first-order chi connectivity index (χ1) is 14.6. The van der Waals surface area contributed by atoms with Gasteiger partial charge in [0.15, 0.2) is 0 Å². The fraction of sp³-hybridized carbons (Fsp3) is 0.227. The number of carbonyl (C=O) groups is 1. The molecule has 0 spiro atoms. The summed E-state index contributed by atoms with van der Waals surface area (Å²) < 4.78 is 29.9. The number of hydrogen-bond acceptors (Lipinski definition) is 4. The van der Waals surface area contributed by atoms with Crippen LogP contribution in [-0.2, 0) is 13.1 Å². The highest BCUT2D eigenvalue weighted by atomic mass is 19.1. The molecule has 8 heteroatoms. The third-order valence-corrected chi connectivity index (χ3v) is 4.68. The summed E-state index contributed by atoms with van der Waals surface area (Å²) in [5.41, 5.74) is 3.53. The van der Waals surface area contributed by atoms with Gasteiger partial charge in [0.25, 0.3) is 5.91 Å². The molecule has 0 atom stereocenters. The third kappa shape index (κ3) is 4.22. The maximum Gasteiger partial charge on any atom is 0.251 e. The minimum absolute atomic E-state index is 0. The summed E-state index contributed by atoms with van der Waals surface area (Å²) >= 11 is 0. The average Bonchev–Trinajstić information content (AvgIpc) is 3.39. The van der Waals surface area contributed by atoms with Crippen molar-refractivity contribution in [2.75, 3.05) is 7.18 Å². The van der Waals surface area contributed by atoms with E-state index in [4.69, 9.17) is 4.52 Å². The Morgan fingerprint density at radius 1 is 1.20 bits per heavy atom. The van der Waals surface area contributed by atoms with E-state index in [9.17, 15) is 13.6 Å². The highest BCUT2D eigenvalue weighted by Crippen LogP contribution is 2.28. The van der Waals surface area contributed by atoms with E-state index in [0.717, 1.165) is 23.1 Å². The molecule has 0 radical (unpaired) electrons. The van der Waals surface area contributed by atoms with E-state index in [0.29, 0.717) is 24.5 Å². The lowest BCUT2D eigenvalue weighted by molar-refractivity contribution is 0.0946. The number of benzene rings is 2. The number of nitrogens with one attached hydrogen (secondary N) is 1. The topological polar surface area (TPSA) is 73.0 Å². The molecule has 4 rings (SSSR count). The Hall–Kier alpha value is -3.55. The molecule has 0 aliphatic carbocycles. The Bertz CT molecular complexity index is 1160. The average molecular weight is 414 g/mol. The van der Waals surface area contributed by atoms with Crippen molar-refractivity contribution >= 4 is 16.8 Å². The second kappa shape index (κ2) is 9.30. The van der Waals surface area contributed by atoms with Gasteiger partial charge in [-0.15, -0.1) is 0 Å². The molecule has 0 fully saturated rings. The van der Waals surface area contributed by atoms with E-state index in [1.807, 2.05) is 6.07 Å². The quantitative estimate of drug-likeness (QED) is 0.503. The van der Waals surface area contributed by atoms with Crippen LogP contribution in [0.1, 0.15) is 30.2 Å². The number of nitrogens with zero attached hydrogens (tertiary/aromatic N) is 3. The monoisotopic (exact) mass is 414 g/mol. The molecule has 158 valence electrons. The number of alkyl halides is 1. The molecule has 0 bridgehead atoms. The fourth-order valence-electron chi connectivity index (χ4n) is 3.25. The van der Waals surface area contributed by atoms with Crippen molar-refractivity contribution in [2.24, 2.45) is 0 Å². The van der Waals surface area contributed by atoms with E-state index < -0.39 is 0 Å². The highest BCUT2D eigenvalue weighted by molar-refractivity contribution is 5.94. The predicted molar refractivity (Wildman–Crippen MR) is 112 cm³/mol. The van der Waals surface area contributed by atoms with E-state index in [1.165, 1.54) is 29.8 Å². The molecule has 0 saturated carbocycles. The minimum Gasteiger partial charge on any atom is -0.343 e. The lowest BCUT2D eigenvalue weighted by Gasteiger charge is -2.04. The maximum absolute atomic E-state index is 13.0. The van der Waals surface area contributed by atoms with Crippen molar-refractivity contribution in [3.63, 3.8) is 0 Å². The number of halogens is 2. The maximum atomic E-state index is 13.0. The second-order valence-corrected chi connectivity index (χ2v) is 6.48. The second-order valence-electron chi connectivity index (χ2n) is 6.48. The Morgan fingerprint density at radius 3 is 2.63 bits per heavy atom. The van der Waals surface area contributed by atoms with Crippen LogP contribution in [0.3, 0.4) is 0 Å². The van der Waals surface area contributed by atoms with Gasteiger partial charge in [0.2, 0.25) is 11.7 Å². The molecular formula is C22H24F2N4O2. The summed E-state index contributed by atoms with van der Waals surface area (Å²) in [6, 6.07) is 13.5. The lowest BCUT2D eigenvalue weighted by Crippen LogP contribution is -2.22. The molecule has 2 aromatic carbocycles. The zero-order chi connectivity index (χ0) is 21.7. The Morgan fingerprint density at radius 2 is 1.93 bits per heavy atom. The summed E-state index contributed by atoms with van der Waals surface area (Å²) in [6.45, 7) is 5.00. The van der Waals surface area contributed by atoms with E-state index in [-0.39, 0.29) is 19.7 Å². The molecule has 1 amide bonds. The molecule has 0 aliphatic heterocycles. The van der Waals surface area contributed by atoms with Gasteiger partial charge in [-0.05, 0) is 55.8 Å². The summed E-state index contributed by atoms with van der Waals surface area (Å²) in [4.78, 5) is 16.6. The van der Waals surface area contributed by atoms with Gasteiger partial charge in [-0.2, -0.15) is 4.98 Å². The number of fused-ring (bicyclic) bond motifs is 1. The molecular weight excluding hydrogens is 390 g/mol. The van der Waals surface area contributed by atoms with E-state index in [2.05, 4.69) is 52.1 Å². The summed E-state index contributed by atoms with van der Waals surface area (Å²) in [7, 11) is 0.500. The smallest absolute Gasteiger partial charge is 0.251 e. The molecule has 4 aromatic rings. The van der Waals surface area contributed by atoms with Crippen LogP contribution >= 0.6 is 0 Å². The van der Waals surface area contributed by atoms with Crippen LogP contribution in [0.2, 0.25) is 0 Å². The van der Waals surface area contributed by atoms with Gasteiger partial charge in [0.05, 0.1) is 19.4 Å². The van der Waals surface area contributed by atoms with Crippen LogP contribution in [0.25, 0.3) is 22.4 Å². The normalized spacial score (nSPS) is 10.6. The van der Waals surface area contributed by atoms with Crippen molar-refractivity contribution in [3.8, 4) is 11.5 Å². The van der Waals surface area contributed by atoms with Crippen LogP contribution in [0.5, 0.6) is 0 Å². The van der Waals surface area contributed by atoms with E-state index >= 15 is 0 Å². The van der Waals surface area contributed by atoms with Crippen molar-refractivity contribution in [2.45, 2.75) is 26.9 Å². The molecule has 0 saturated heterocycles. The number of rotatable bonds is 5. The van der Waals surface area contributed by atoms with Gasteiger partial charge in [-0.1, -0.05) is 17.3 Å². The summed E-state index contributed by atoms with van der Waals surface area (Å²) in [5.74, 6) is 0.0521. The number of carbonyl (C=O) groups excluding carboxylic acids is 1. The molecule has 2 aromatic heterocycles. The first-order valence-electron chi connectivity index (χ1n) is 9.40. The zero-order valence-electron chi connectivity index (χ0n) is 16.9. The third-order valence-electron chi connectivity index (χ3n) is 4.68. The molecule has 2 heterocycles. The molecule has 6 nitrogen and oxygen atoms in total. The SMILES string of the molecule is CCn1c(-c2noc(CNC(=O)c3ccc(F)cc3)n2)cc2c(C)cccc21.CF.[HH]. The van der Waals surface area contributed by atoms with Gasteiger partial charge >= 0.3 is 0 Å². The Labute approximate surface area is 174 Å². The molecule has 1 N–H and O–H groups in total. The van der Waals surface area contributed by atoms with Gasteiger partial charge in [0.1, 0.15) is 5.82 Å². The lowest BCUT2D eigenvalue weighted by atomic mass is 10.1. The minimum atomic E-state index is -0.389. The van der Waals surface area contributed by atoms with Crippen LogP contribution in [0.4, 0.5) is 8.78 Å². The standard InChI is InChI=1S/C21H19FN4O2.CH3F.H2/c1-3-26-17-6-4-5-13(2)16(17)11-18(26)20-24-19(28-25-20)12-23-21(27)14-7-9-15(22)10-8-14;1-2;/h4-11H,3,12H2,1-2H3,(H,23,27);1H3;1H. The largest absolute Gasteiger partial charge is 0.343 e. The number of hydrogen-bond donors (Lipinski definition) is 1. The predicted octanol–water partition coefficient (Wildman–Crippen LogP) is 4.92. The summed E-state index contributed by atoms with van der Waals surface area (Å²) in [5, 5.41) is 7.92. The van der Waals surface area contributed by atoms with Gasteiger partial charge < -0.3 is 14.4 Å². The first kappa shape index (κ1) is 21.2. The number of aromatic nitrogens is 3. The molecule has 0 aliphatic rings. The van der Waals surface area contributed by atoms with Crippen molar-refractivity contribution in [1.82, 2.24) is 20.0 Å². The van der Waals surface area contributed by atoms with Gasteiger partial charge in [-0.25, -0.2) is 4.39 Å². The van der Waals surface area contributed by atoms with Gasteiger partial charge in [-0.3, -0.25) is 9.18 Å². The van der Waals surface area contributed by atoms with Crippen LogP contribution in [-0.4, -0.2) is 27.8 Å². The number of aryl methyl sites for hydroxylation is 2. The fourth-order valence-corrected chi connectivity index (χ4v) is 3.25. The first-order valence-corrected chi connectivity index (χ1v) is 9.40. The van der Waals surface area contributed by atoms with Crippen molar-refractivity contribution in [3.05, 3.63) is 71.4 Å².